The van der Waals surface area contributed by atoms with Gasteiger partial charge < -0.3 is 20.5 Å². The van der Waals surface area contributed by atoms with Gasteiger partial charge in [0.25, 0.3) is 0 Å². The van der Waals surface area contributed by atoms with Gasteiger partial charge in [-0.25, -0.2) is 0 Å². The zero-order chi connectivity index (χ0) is 14.4. The summed E-state index contributed by atoms with van der Waals surface area (Å²) in [6, 6.07) is 0. The van der Waals surface area contributed by atoms with Crippen molar-refractivity contribution in [3.8, 4) is 0 Å². The third kappa shape index (κ3) is 4.45. The van der Waals surface area contributed by atoms with Crippen LogP contribution in [0.1, 0.15) is 44.9 Å². The van der Waals surface area contributed by atoms with E-state index in [4.69, 9.17) is 9.84 Å². The number of carbonyl (C=O) groups excluding carboxylic acids is 1. The lowest BCUT2D eigenvalue weighted by molar-refractivity contribution is -0.139. The molecule has 114 valence electrons. The number of ether oxygens (including phenoxy) is 1. The Morgan fingerprint density at radius 3 is 2.65 bits per heavy atom. The number of carbonyl (C=O) groups is 2. The molecular weight excluding hydrogens is 260 g/mol. The van der Waals surface area contributed by atoms with Gasteiger partial charge in [0.05, 0.1) is 31.1 Å². The number of hydrogen-bond acceptors (Lipinski definition) is 4. The van der Waals surface area contributed by atoms with Crippen LogP contribution in [0.5, 0.6) is 0 Å². The zero-order valence-corrected chi connectivity index (χ0v) is 11.8. The van der Waals surface area contributed by atoms with E-state index in [1.54, 1.807) is 0 Å². The molecule has 2 fully saturated rings. The van der Waals surface area contributed by atoms with Crippen LogP contribution in [-0.4, -0.2) is 48.3 Å². The first-order chi connectivity index (χ1) is 9.60. The van der Waals surface area contributed by atoms with Gasteiger partial charge in [0.15, 0.2) is 0 Å². The molecule has 0 spiro atoms. The first-order valence-electron chi connectivity index (χ1n) is 7.45. The summed E-state index contributed by atoms with van der Waals surface area (Å²) in [6.45, 7) is 2.12. The number of morpholine rings is 1. The summed E-state index contributed by atoms with van der Waals surface area (Å²) < 4.78 is 5.51. The Balaban J connectivity index is 1.89. The van der Waals surface area contributed by atoms with Gasteiger partial charge in [-0.1, -0.05) is 19.3 Å². The van der Waals surface area contributed by atoms with Gasteiger partial charge in [0, 0.05) is 13.1 Å². The Kier molecular flexibility index (Phi) is 5.37. The van der Waals surface area contributed by atoms with Crippen LogP contribution in [0.25, 0.3) is 0 Å². The average molecular weight is 284 g/mol. The minimum atomic E-state index is -0.845. The van der Waals surface area contributed by atoms with E-state index in [1.807, 2.05) is 0 Å². The molecule has 1 unspecified atom stereocenters. The molecule has 1 aliphatic heterocycles. The van der Waals surface area contributed by atoms with Crippen molar-refractivity contribution in [1.29, 1.82) is 0 Å². The Hall–Kier alpha value is -1.14. The van der Waals surface area contributed by atoms with Gasteiger partial charge in [-0.2, -0.15) is 0 Å². The van der Waals surface area contributed by atoms with E-state index < -0.39 is 11.5 Å². The van der Waals surface area contributed by atoms with Crippen LogP contribution in [0.3, 0.4) is 0 Å². The van der Waals surface area contributed by atoms with Crippen LogP contribution in [0.4, 0.5) is 0 Å². The molecule has 1 saturated carbocycles. The molecule has 20 heavy (non-hydrogen) atoms. The Labute approximate surface area is 119 Å². The predicted molar refractivity (Wildman–Crippen MR) is 73.4 cm³/mol. The number of hydrogen-bond donors (Lipinski definition) is 3. The summed E-state index contributed by atoms with van der Waals surface area (Å²) in [4.78, 5) is 23.2. The lowest BCUT2D eigenvalue weighted by atomic mass is 9.79. The van der Waals surface area contributed by atoms with Crippen LogP contribution in [-0.2, 0) is 14.3 Å². The SMILES string of the molecule is O=C(O)CC1(NC(=O)CC2CNCCO2)CCCCC1. The maximum Gasteiger partial charge on any atom is 0.305 e. The number of aliphatic carboxylic acids is 1. The molecule has 2 rings (SSSR count). The fraction of sp³-hybridized carbons (Fsp3) is 0.857. The third-order valence-electron chi connectivity index (χ3n) is 4.12. The Bertz CT molecular complexity index is 347. The summed E-state index contributed by atoms with van der Waals surface area (Å²) in [5, 5.41) is 15.2. The highest BCUT2D eigenvalue weighted by atomic mass is 16.5. The van der Waals surface area contributed by atoms with Crippen LogP contribution < -0.4 is 10.6 Å². The molecule has 6 heteroatoms. The van der Waals surface area contributed by atoms with Crippen molar-refractivity contribution in [2.45, 2.75) is 56.6 Å². The molecule has 1 atom stereocenters. The fourth-order valence-corrected chi connectivity index (χ4v) is 3.17. The number of carboxylic acids is 1. The van der Waals surface area contributed by atoms with Gasteiger partial charge in [-0.15, -0.1) is 0 Å². The van der Waals surface area contributed by atoms with Gasteiger partial charge in [-0.05, 0) is 12.8 Å². The van der Waals surface area contributed by atoms with E-state index in [9.17, 15) is 9.59 Å². The third-order valence-corrected chi connectivity index (χ3v) is 4.12. The first-order valence-corrected chi connectivity index (χ1v) is 7.45. The summed E-state index contributed by atoms with van der Waals surface area (Å²) in [6.07, 6.45) is 4.81. The lowest BCUT2D eigenvalue weighted by Gasteiger charge is -2.37. The molecule has 0 aromatic carbocycles. The molecule has 0 aromatic rings. The number of nitrogens with one attached hydrogen (secondary N) is 2. The normalized spacial score (nSPS) is 25.9. The molecule has 6 nitrogen and oxygen atoms in total. The molecule has 1 aliphatic carbocycles. The molecular formula is C14H24N2O4. The van der Waals surface area contributed by atoms with Crippen LogP contribution >= 0.6 is 0 Å². The second-order valence-corrected chi connectivity index (χ2v) is 5.86. The topological polar surface area (TPSA) is 87.7 Å². The predicted octanol–water partition coefficient (Wildman–Crippen LogP) is 0.659. The minimum absolute atomic E-state index is 0.0164. The van der Waals surface area contributed by atoms with Crippen molar-refractivity contribution in [3.05, 3.63) is 0 Å². The maximum absolute atomic E-state index is 12.2. The summed E-state index contributed by atoms with van der Waals surface area (Å²) in [5.41, 5.74) is -0.552. The van der Waals surface area contributed by atoms with E-state index in [0.29, 0.717) is 19.6 Å². The number of amides is 1. The summed E-state index contributed by atoms with van der Waals surface area (Å²) >= 11 is 0. The molecule has 0 radical (unpaired) electrons. The standard InChI is InChI=1S/C14H24N2O4/c17-12(8-11-10-15-6-7-20-11)16-14(9-13(18)19)4-2-1-3-5-14/h11,15H,1-10H2,(H,16,17)(H,18,19). The monoisotopic (exact) mass is 284 g/mol. The molecule has 3 N–H and O–H groups in total. The van der Waals surface area contributed by atoms with Crippen molar-refractivity contribution in [1.82, 2.24) is 10.6 Å². The van der Waals surface area contributed by atoms with Gasteiger partial charge in [-0.3, -0.25) is 9.59 Å². The summed E-state index contributed by atoms with van der Waals surface area (Å²) in [5.74, 6) is -0.940. The van der Waals surface area contributed by atoms with E-state index in [-0.39, 0.29) is 18.4 Å². The zero-order valence-electron chi connectivity index (χ0n) is 11.8. The second kappa shape index (κ2) is 7.04. The average Bonchev–Trinajstić information content (AvgIpc) is 2.39. The van der Waals surface area contributed by atoms with Crippen LogP contribution in [0.2, 0.25) is 0 Å². The molecule has 0 bridgehead atoms. The molecule has 2 aliphatic rings. The van der Waals surface area contributed by atoms with Gasteiger partial charge in [0.1, 0.15) is 0 Å². The molecule has 0 aromatic heterocycles. The molecule has 1 saturated heterocycles. The van der Waals surface area contributed by atoms with Crippen molar-refractivity contribution in [3.63, 3.8) is 0 Å². The Morgan fingerprint density at radius 2 is 2.05 bits per heavy atom. The van der Waals surface area contributed by atoms with Crippen molar-refractivity contribution in [2.24, 2.45) is 0 Å². The van der Waals surface area contributed by atoms with Crippen LogP contribution in [0, 0.1) is 0 Å². The van der Waals surface area contributed by atoms with Crippen molar-refractivity contribution < 1.29 is 19.4 Å². The largest absolute Gasteiger partial charge is 0.481 e. The fourth-order valence-electron chi connectivity index (χ4n) is 3.17. The van der Waals surface area contributed by atoms with E-state index in [2.05, 4.69) is 10.6 Å². The second-order valence-electron chi connectivity index (χ2n) is 5.86. The number of carboxylic acid groups (broad SMARTS) is 1. The van der Waals surface area contributed by atoms with Gasteiger partial charge >= 0.3 is 5.97 Å². The van der Waals surface area contributed by atoms with Crippen molar-refractivity contribution in [2.75, 3.05) is 19.7 Å². The van der Waals surface area contributed by atoms with Crippen molar-refractivity contribution >= 4 is 11.9 Å². The quantitative estimate of drug-likeness (QED) is 0.690. The van der Waals surface area contributed by atoms with Crippen LogP contribution in [0.15, 0.2) is 0 Å². The molecule has 1 amide bonds. The highest BCUT2D eigenvalue weighted by Gasteiger charge is 2.36. The van der Waals surface area contributed by atoms with E-state index >= 15 is 0 Å². The highest BCUT2D eigenvalue weighted by molar-refractivity contribution is 5.78. The minimum Gasteiger partial charge on any atom is -0.481 e. The number of rotatable bonds is 5. The highest BCUT2D eigenvalue weighted by Crippen LogP contribution is 2.31. The lowest BCUT2D eigenvalue weighted by Crippen LogP contribution is -2.52. The first kappa shape index (κ1) is 15.3. The summed E-state index contributed by atoms with van der Waals surface area (Å²) in [7, 11) is 0. The van der Waals surface area contributed by atoms with E-state index in [1.165, 1.54) is 0 Å². The smallest absolute Gasteiger partial charge is 0.305 e. The maximum atomic E-state index is 12.2. The Morgan fingerprint density at radius 1 is 1.30 bits per heavy atom. The van der Waals surface area contributed by atoms with Gasteiger partial charge in [0.2, 0.25) is 5.91 Å². The van der Waals surface area contributed by atoms with E-state index in [0.717, 1.165) is 38.6 Å². The molecule has 1 heterocycles.